The zero-order chi connectivity index (χ0) is 18.0. The maximum absolute atomic E-state index is 12.8. The van der Waals surface area contributed by atoms with Crippen molar-refractivity contribution in [2.75, 3.05) is 33.7 Å². The second-order valence-corrected chi connectivity index (χ2v) is 9.38. The lowest BCUT2D eigenvalue weighted by Crippen LogP contribution is -2.48. The molecule has 0 spiro atoms. The second-order valence-electron chi connectivity index (χ2n) is 7.24. The van der Waals surface area contributed by atoms with Gasteiger partial charge >= 0.3 is 0 Å². The topological polar surface area (TPSA) is 60.9 Å². The summed E-state index contributed by atoms with van der Waals surface area (Å²) in [6.45, 7) is 1.60. The first-order valence-corrected chi connectivity index (χ1v) is 10.3. The first-order chi connectivity index (χ1) is 11.9. The fourth-order valence-electron chi connectivity index (χ4n) is 3.80. The summed E-state index contributed by atoms with van der Waals surface area (Å²) in [7, 11) is -0.304. The molecule has 6 nitrogen and oxygen atoms in total. The number of hydrogen-bond acceptors (Lipinski definition) is 3. The molecule has 1 aromatic carbocycles. The molecule has 3 aliphatic heterocycles. The van der Waals surface area contributed by atoms with Crippen molar-refractivity contribution in [3.63, 3.8) is 0 Å². The van der Waals surface area contributed by atoms with Crippen LogP contribution in [0.2, 0.25) is 0 Å². The molecule has 7 heteroatoms. The van der Waals surface area contributed by atoms with Crippen LogP contribution in [0.3, 0.4) is 0 Å². The van der Waals surface area contributed by atoms with Gasteiger partial charge in [0.2, 0.25) is 5.91 Å². The Morgan fingerprint density at radius 2 is 1.84 bits per heavy atom. The number of rotatable bonds is 5. The highest BCUT2D eigenvalue weighted by molar-refractivity contribution is 7.86. The summed E-state index contributed by atoms with van der Waals surface area (Å²) in [6.07, 6.45) is 3.09. The minimum Gasteiger partial charge on any atom is -0.338 e. The molecule has 3 saturated heterocycles. The normalized spacial score (nSPS) is 24.5. The fraction of sp³-hybridized carbons (Fsp3) is 0.611. The molecule has 0 aromatic heterocycles. The Morgan fingerprint density at radius 1 is 1.12 bits per heavy atom. The number of nitrogens with zero attached hydrogens (tertiary/aromatic N) is 3. The van der Waals surface area contributed by atoms with Gasteiger partial charge in [-0.1, -0.05) is 30.3 Å². The van der Waals surface area contributed by atoms with Crippen molar-refractivity contribution >= 4 is 16.1 Å². The van der Waals surface area contributed by atoms with Crippen LogP contribution in [0.1, 0.15) is 24.8 Å². The van der Waals surface area contributed by atoms with E-state index < -0.39 is 10.2 Å². The van der Waals surface area contributed by atoms with Crippen molar-refractivity contribution < 1.29 is 13.2 Å². The van der Waals surface area contributed by atoms with E-state index in [2.05, 4.69) is 0 Å². The van der Waals surface area contributed by atoms with Crippen LogP contribution in [-0.2, 0) is 21.4 Å². The van der Waals surface area contributed by atoms with Crippen LogP contribution in [0.4, 0.5) is 0 Å². The van der Waals surface area contributed by atoms with E-state index in [0.717, 1.165) is 24.8 Å². The van der Waals surface area contributed by atoms with E-state index in [-0.39, 0.29) is 17.9 Å². The zero-order valence-corrected chi connectivity index (χ0v) is 15.8. The summed E-state index contributed by atoms with van der Waals surface area (Å²) in [6, 6.07) is 10.0. The van der Waals surface area contributed by atoms with Gasteiger partial charge in [0.1, 0.15) is 0 Å². The molecule has 25 heavy (non-hydrogen) atoms. The first kappa shape index (κ1) is 18.4. The fourth-order valence-corrected chi connectivity index (χ4v) is 5.02. The molecule has 2 bridgehead atoms. The van der Waals surface area contributed by atoms with E-state index in [4.69, 9.17) is 0 Å². The van der Waals surface area contributed by atoms with Crippen molar-refractivity contribution in [1.29, 1.82) is 0 Å². The maximum atomic E-state index is 12.8. The summed E-state index contributed by atoms with van der Waals surface area (Å²) in [4.78, 5) is 14.7. The lowest BCUT2D eigenvalue weighted by Gasteiger charge is -2.36. The Bertz CT molecular complexity index is 706. The number of carbonyl (C=O) groups excluding carboxylic acids is 1. The largest absolute Gasteiger partial charge is 0.338 e. The van der Waals surface area contributed by atoms with Gasteiger partial charge in [-0.05, 0) is 30.7 Å². The zero-order valence-electron chi connectivity index (χ0n) is 15.0. The number of benzene rings is 1. The molecule has 138 valence electrons. The van der Waals surface area contributed by atoms with E-state index >= 15 is 0 Å². The Hall–Kier alpha value is -1.44. The van der Waals surface area contributed by atoms with Crippen LogP contribution >= 0.6 is 0 Å². The number of aryl methyl sites for hydroxylation is 1. The molecular formula is C18H27N3O3S. The lowest BCUT2D eigenvalue weighted by molar-refractivity contribution is -0.135. The van der Waals surface area contributed by atoms with E-state index in [9.17, 15) is 13.2 Å². The molecular weight excluding hydrogens is 338 g/mol. The van der Waals surface area contributed by atoms with Crippen LogP contribution in [-0.4, -0.2) is 67.6 Å². The molecule has 3 fully saturated rings. The average Bonchev–Trinajstić information content (AvgIpc) is 2.93. The Balaban J connectivity index is 1.67. The van der Waals surface area contributed by atoms with E-state index in [0.29, 0.717) is 26.1 Å². The Labute approximate surface area is 150 Å². The lowest BCUT2D eigenvalue weighted by atomic mass is 9.94. The van der Waals surface area contributed by atoms with Crippen molar-refractivity contribution in [2.24, 2.45) is 5.92 Å². The number of amides is 1. The summed E-state index contributed by atoms with van der Waals surface area (Å²) in [5, 5.41) is 0. The third-order valence-electron chi connectivity index (χ3n) is 5.26. The van der Waals surface area contributed by atoms with Crippen LogP contribution in [0, 0.1) is 5.92 Å². The summed E-state index contributed by atoms with van der Waals surface area (Å²) in [5.41, 5.74) is 1.16. The summed E-state index contributed by atoms with van der Waals surface area (Å²) < 4.78 is 27.8. The number of carbonyl (C=O) groups is 1. The highest BCUT2D eigenvalue weighted by Crippen LogP contribution is 2.30. The molecule has 3 heterocycles. The van der Waals surface area contributed by atoms with E-state index in [1.807, 2.05) is 35.2 Å². The van der Waals surface area contributed by atoms with Gasteiger partial charge in [0.05, 0.1) is 0 Å². The van der Waals surface area contributed by atoms with Crippen LogP contribution in [0.25, 0.3) is 0 Å². The standard InChI is InChI=1S/C18H27N3O3S/c1-19(2)25(23,24)20-12-16-8-10-17(14-20)21(13-16)18(22)11-9-15-6-4-3-5-7-15/h3-7,16-17H,8-14H2,1-2H3/t16-,17+/m0/s1. The Morgan fingerprint density at radius 3 is 2.52 bits per heavy atom. The van der Waals surface area contributed by atoms with Gasteiger partial charge in [0.25, 0.3) is 10.2 Å². The van der Waals surface area contributed by atoms with Gasteiger partial charge in [0, 0.05) is 46.2 Å². The van der Waals surface area contributed by atoms with Gasteiger partial charge in [-0.3, -0.25) is 4.79 Å². The monoisotopic (exact) mass is 365 g/mol. The highest BCUT2D eigenvalue weighted by Gasteiger charge is 2.41. The molecule has 2 atom stereocenters. The third kappa shape index (κ3) is 4.04. The molecule has 0 unspecified atom stereocenters. The molecule has 0 aliphatic carbocycles. The third-order valence-corrected chi connectivity index (χ3v) is 7.13. The molecule has 0 saturated carbocycles. The molecule has 1 amide bonds. The smallest absolute Gasteiger partial charge is 0.281 e. The van der Waals surface area contributed by atoms with E-state index in [1.165, 1.54) is 4.31 Å². The average molecular weight is 365 g/mol. The van der Waals surface area contributed by atoms with Gasteiger partial charge in [-0.25, -0.2) is 0 Å². The first-order valence-electron chi connectivity index (χ1n) is 8.89. The minimum atomic E-state index is -3.42. The van der Waals surface area contributed by atoms with Gasteiger partial charge in [-0.15, -0.1) is 0 Å². The SMILES string of the molecule is CN(C)S(=O)(=O)N1C[C@@H]2CC[C@H](C1)N(C(=O)CCc1ccccc1)C2. The molecule has 1 aromatic rings. The van der Waals surface area contributed by atoms with Crippen molar-refractivity contribution in [3.05, 3.63) is 35.9 Å². The van der Waals surface area contributed by atoms with Crippen LogP contribution in [0.15, 0.2) is 30.3 Å². The molecule has 0 radical (unpaired) electrons. The number of hydrogen-bond donors (Lipinski definition) is 0. The summed E-state index contributed by atoms with van der Waals surface area (Å²) in [5.74, 6) is 0.372. The minimum absolute atomic E-state index is 0.00301. The van der Waals surface area contributed by atoms with Crippen molar-refractivity contribution in [1.82, 2.24) is 13.5 Å². The van der Waals surface area contributed by atoms with Crippen LogP contribution in [0.5, 0.6) is 0 Å². The van der Waals surface area contributed by atoms with Crippen molar-refractivity contribution in [2.45, 2.75) is 31.7 Å². The second kappa shape index (κ2) is 7.43. The van der Waals surface area contributed by atoms with Gasteiger partial charge < -0.3 is 4.90 Å². The quantitative estimate of drug-likeness (QED) is 0.791. The molecule has 4 rings (SSSR count). The van der Waals surface area contributed by atoms with E-state index in [1.54, 1.807) is 18.4 Å². The van der Waals surface area contributed by atoms with Crippen molar-refractivity contribution in [3.8, 4) is 0 Å². The highest BCUT2D eigenvalue weighted by atomic mass is 32.2. The van der Waals surface area contributed by atoms with Crippen LogP contribution < -0.4 is 0 Å². The number of piperidine rings is 1. The molecule has 3 aliphatic rings. The predicted molar refractivity (Wildman–Crippen MR) is 97.2 cm³/mol. The van der Waals surface area contributed by atoms with Gasteiger partial charge in [-0.2, -0.15) is 17.0 Å². The summed E-state index contributed by atoms with van der Waals surface area (Å²) >= 11 is 0. The maximum Gasteiger partial charge on any atom is 0.281 e. The Kier molecular flexibility index (Phi) is 5.46. The van der Waals surface area contributed by atoms with Gasteiger partial charge in [0.15, 0.2) is 0 Å². The molecule has 0 N–H and O–H groups in total. The number of fused-ring (bicyclic) bond motifs is 4. The predicted octanol–water partition coefficient (Wildman–Crippen LogP) is 1.35.